The largest absolute Gasteiger partial charge is 0.278 e. The van der Waals surface area contributed by atoms with Gasteiger partial charge in [0.25, 0.3) is 5.91 Å². The summed E-state index contributed by atoms with van der Waals surface area (Å²) in [6, 6.07) is 2.60. The number of amides is 1. The second kappa shape index (κ2) is 4.79. The van der Waals surface area contributed by atoms with Crippen LogP contribution in [0.5, 0.6) is 0 Å². The zero-order chi connectivity index (χ0) is 11.6. The lowest BCUT2D eigenvalue weighted by Crippen LogP contribution is -2.25. The third-order valence-electron chi connectivity index (χ3n) is 1.83. The van der Waals surface area contributed by atoms with Gasteiger partial charge in [-0.1, -0.05) is 23.2 Å². The SMILES string of the molecule is CON(C)C(=O)c1ccc(Cl)c(F)c1Cl. The van der Waals surface area contributed by atoms with Crippen LogP contribution < -0.4 is 0 Å². The van der Waals surface area contributed by atoms with E-state index in [4.69, 9.17) is 23.2 Å². The number of carbonyl (C=O) groups is 1. The summed E-state index contributed by atoms with van der Waals surface area (Å²) >= 11 is 11.1. The highest BCUT2D eigenvalue weighted by Gasteiger charge is 2.19. The van der Waals surface area contributed by atoms with E-state index in [0.29, 0.717) is 0 Å². The van der Waals surface area contributed by atoms with Gasteiger partial charge in [-0.05, 0) is 12.1 Å². The lowest BCUT2D eigenvalue weighted by atomic mass is 10.2. The molecule has 1 aromatic rings. The van der Waals surface area contributed by atoms with Crippen molar-refractivity contribution in [2.45, 2.75) is 0 Å². The fraction of sp³-hybridized carbons (Fsp3) is 0.222. The molecule has 0 aliphatic carbocycles. The van der Waals surface area contributed by atoms with Crippen molar-refractivity contribution in [1.29, 1.82) is 0 Å². The van der Waals surface area contributed by atoms with Crippen LogP contribution in [0, 0.1) is 5.82 Å². The van der Waals surface area contributed by atoms with Gasteiger partial charge in [0.1, 0.15) is 0 Å². The van der Waals surface area contributed by atoms with Crippen molar-refractivity contribution in [2.24, 2.45) is 0 Å². The molecule has 0 atom stereocenters. The van der Waals surface area contributed by atoms with Crippen molar-refractivity contribution in [3.63, 3.8) is 0 Å². The van der Waals surface area contributed by atoms with Crippen LogP contribution in [0.25, 0.3) is 0 Å². The van der Waals surface area contributed by atoms with Crippen molar-refractivity contribution in [3.8, 4) is 0 Å². The molecule has 0 spiro atoms. The van der Waals surface area contributed by atoms with Crippen molar-refractivity contribution in [3.05, 3.63) is 33.6 Å². The third kappa shape index (κ3) is 2.40. The predicted molar refractivity (Wildman–Crippen MR) is 55.5 cm³/mol. The molecule has 1 aromatic carbocycles. The van der Waals surface area contributed by atoms with Gasteiger partial charge in [-0.2, -0.15) is 0 Å². The lowest BCUT2D eigenvalue weighted by Gasteiger charge is -2.14. The van der Waals surface area contributed by atoms with Crippen LogP contribution in [0.3, 0.4) is 0 Å². The molecule has 0 N–H and O–H groups in total. The summed E-state index contributed by atoms with van der Waals surface area (Å²) in [6.07, 6.45) is 0. The van der Waals surface area contributed by atoms with E-state index in [1.807, 2.05) is 0 Å². The zero-order valence-electron chi connectivity index (χ0n) is 8.05. The average Bonchev–Trinajstić information content (AvgIpc) is 2.24. The summed E-state index contributed by atoms with van der Waals surface area (Å²) in [5, 5.41) is 0.502. The monoisotopic (exact) mass is 251 g/mol. The Labute approximate surface area is 96.3 Å². The molecule has 1 rings (SSSR count). The van der Waals surface area contributed by atoms with Crippen molar-refractivity contribution < 1.29 is 14.0 Å². The highest BCUT2D eigenvalue weighted by molar-refractivity contribution is 6.37. The molecule has 6 heteroatoms. The Balaban J connectivity index is 3.16. The van der Waals surface area contributed by atoms with Gasteiger partial charge in [0.2, 0.25) is 0 Å². The minimum Gasteiger partial charge on any atom is -0.274 e. The van der Waals surface area contributed by atoms with Crippen LogP contribution in [0.2, 0.25) is 10.0 Å². The zero-order valence-corrected chi connectivity index (χ0v) is 9.56. The molecule has 82 valence electrons. The van der Waals surface area contributed by atoms with Gasteiger partial charge in [-0.3, -0.25) is 9.63 Å². The van der Waals surface area contributed by atoms with Gasteiger partial charge in [0.05, 0.1) is 22.7 Å². The Morgan fingerprint density at radius 1 is 1.47 bits per heavy atom. The van der Waals surface area contributed by atoms with E-state index in [2.05, 4.69) is 4.84 Å². The number of benzene rings is 1. The van der Waals surface area contributed by atoms with E-state index >= 15 is 0 Å². The van der Waals surface area contributed by atoms with E-state index in [0.717, 1.165) is 5.06 Å². The average molecular weight is 252 g/mol. The molecular formula is C9H8Cl2FNO2. The number of carbonyl (C=O) groups excluding carboxylic acids is 1. The van der Waals surface area contributed by atoms with Crippen LogP contribution >= 0.6 is 23.2 Å². The Bertz CT molecular complexity index is 398. The molecule has 0 aliphatic heterocycles. The van der Waals surface area contributed by atoms with Crippen LogP contribution in [-0.2, 0) is 4.84 Å². The first kappa shape index (κ1) is 12.2. The molecule has 1 amide bonds. The maximum absolute atomic E-state index is 13.2. The standard InChI is InChI=1S/C9H8Cl2FNO2/c1-13(15-2)9(14)5-3-4-6(10)8(12)7(5)11/h3-4H,1-2H3. The first-order valence-corrected chi connectivity index (χ1v) is 4.70. The second-order valence-corrected chi connectivity index (χ2v) is 3.49. The molecule has 0 aliphatic rings. The maximum Gasteiger partial charge on any atom is 0.278 e. The van der Waals surface area contributed by atoms with Crippen molar-refractivity contribution in [1.82, 2.24) is 5.06 Å². The van der Waals surface area contributed by atoms with E-state index < -0.39 is 11.7 Å². The van der Waals surface area contributed by atoms with Gasteiger partial charge in [-0.25, -0.2) is 9.45 Å². The van der Waals surface area contributed by atoms with E-state index in [-0.39, 0.29) is 15.6 Å². The number of rotatable bonds is 2. The predicted octanol–water partition coefficient (Wildman–Crippen LogP) is 2.77. The van der Waals surface area contributed by atoms with Crippen LogP contribution in [0.15, 0.2) is 12.1 Å². The van der Waals surface area contributed by atoms with Gasteiger partial charge < -0.3 is 0 Å². The normalized spacial score (nSPS) is 10.2. The van der Waals surface area contributed by atoms with E-state index in [9.17, 15) is 9.18 Å². The van der Waals surface area contributed by atoms with Crippen LogP contribution in [-0.4, -0.2) is 25.1 Å². The van der Waals surface area contributed by atoms with Crippen molar-refractivity contribution >= 4 is 29.1 Å². The van der Waals surface area contributed by atoms with Crippen LogP contribution in [0.1, 0.15) is 10.4 Å². The second-order valence-electron chi connectivity index (χ2n) is 2.71. The quantitative estimate of drug-likeness (QED) is 0.598. The molecule has 0 fully saturated rings. The first-order chi connectivity index (χ1) is 6.99. The summed E-state index contributed by atoms with van der Waals surface area (Å²) in [5.74, 6) is -1.35. The first-order valence-electron chi connectivity index (χ1n) is 3.94. The summed E-state index contributed by atoms with van der Waals surface area (Å²) in [6.45, 7) is 0. The summed E-state index contributed by atoms with van der Waals surface area (Å²) in [7, 11) is 2.71. The Kier molecular flexibility index (Phi) is 3.90. The molecule has 0 unspecified atom stereocenters. The number of hydrogen-bond donors (Lipinski definition) is 0. The lowest BCUT2D eigenvalue weighted by molar-refractivity contribution is -0.0757. The molecule has 15 heavy (non-hydrogen) atoms. The fourth-order valence-electron chi connectivity index (χ4n) is 0.944. The Hall–Kier alpha value is -0.840. The highest BCUT2D eigenvalue weighted by Crippen LogP contribution is 2.27. The Morgan fingerprint density at radius 3 is 2.60 bits per heavy atom. The van der Waals surface area contributed by atoms with Crippen LogP contribution in [0.4, 0.5) is 4.39 Å². The number of hydroxylamine groups is 2. The molecule has 0 bridgehead atoms. The maximum atomic E-state index is 13.2. The number of halogens is 3. The van der Waals surface area contributed by atoms with E-state index in [1.165, 1.54) is 26.3 Å². The molecule has 0 saturated heterocycles. The minimum atomic E-state index is -0.811. The van der Waals surface area contributed by atoms with Crippen molar-refractivity contribution in [2.75, 3.05) is 14.2 Å². The molecule has 0 saturated carbocycles. The third-order valence-corrected chi connectivity index (χ3v) is 2.49. The van der Waals surface area contributed by atoms with E-state index in [1.54, 1.807) is 0 Å². The fourth-order valence-corrected chi connectivity index (χ4v) is 1.40. The number of hydrogen-bond acceptors (Lipinski definition) is 2. The topological polar surface area (TPSA) is 29.5 Å². The minimum absolute atomic E-state index is 0.00270. The van der Waals surface area contributed by atoms with Gasteiger partial charge in [0.15, 0.2) is 5.82 Å². The molecule has 0 heterocycles. The Morgan fingerprint density at radius 2 is 2.07 bits per heavy atom. The smallest absolute Gasteiger partial charge is 0.274 e. The summed E-state index contributed by atoms with van der Waals surface area (Å²) < 4.78 is 13.2. The van der Waals surface area contributed by atoms with Gasteiger partial charge in [-0.15, -0.1) is 0 Å². The molecule has 0 radical (unpaired) electrons. The number of nitrogens with zero attached hydrogens (tertiary/aromatic N) is 1. The molecule has 0 aromatic heterocycles. The molecule has 3 nitrogen and oxygen atoms in total. The summed E-state index contributed by atoms with van der Waals surface area (Å²) in [5.41, 5.74) is 0.00270. The molecular weight excluding hydrogens is 244 g/mol. The van der Waals surface area contributed by atoms with Gasteiger partial charge >= 0.3 is 0 Å². The summed E-state index contributed by atoms with van der Waals surface area (Å²) in [4.78, 5) is 16.2. The van der Waals surface area contributed by atoms with Gasteiger partial charge in [0, 0.05) is 7.05 Å². The highest BCUT2D eigenvalue weighted by atomic mass is 35.5.